The molecule has 0 saturated carbocycles. The summed E-state index contributed by atoms with van der Waals surface area (Å²) in [6.07, 6.45) is 6.19. The third-order valence-corrected chi connectivity index (χ3v) is 6.09. The van der Waals surface area contributed by atoms with Crippen molar-refractivity contribution >= 4 is 11.7 Å². The molecule has 2 fully saturated rings. The number of primary amides is 1. The molecular formula is C20H27N5O2. The summed E-state index contributed by atoms with van der Waals surface area (Å²) in [5.41, 5.74) is 7.42. The average Bonchev–Trinajstić information content (AvgIpc) is 3.12. The van der Waals surface area contributed by atoms with Crippen LogP contribution < -0.4 is 10.6 Å². The van der Waals surface area contributed by atoms with Crippen LogP contribution in [0.3, 0.4) is 0 Å². The second-order valence-electron chi connectivity index (χ2n) is 7.62. The first-order valence-corrected chi connectivity index (χ1v) is 9.81. The number of amides is 2. The Morgan fingerprint density at radius 1 is 1.30 bits per heavy atom. The number of hydrogen-bond acceptors (Lipinski definition) is 5. The zero-order valence-electron chi connectivity index (χ0n) is 16.0. The average molecular weight is 369 g/mol. The molecule has 144 valence electrons. The monoisotopic (exact) mass is 369 g/mol. The first-order chi connectivity index (χ1) is 13.1. The molecule has 2 aromatic rings. The van der Waals surface area contributed by atoms with Crippen LogP contribution in [-0.4, -0.2) is 46.2 Å². The van der Waals surface area contributed by atoms with Gasteiger partial charge in [-0.05, 0) is 44.9 Å². The van der Waals surface area contributed by atoms with Crippen molar-refractivity contribution in [3.63, 3.8) is 0 Å². The largest absolute Gasteiger partial charge is 0.351 e. The maximum Gasteiger partial charge on any atom is 0.319 e. The number of benzene rings is 1. The van der Waals surface area contributed by atoms with Crippen molar-refractivity contribution in [3.05, 3.63) is 30.2 Å². The van der Waals surface area contributed by atoms with Crippen molar-refractivity contribution in [2.24, 2.45) is 5.73 Å². The number of rotatable bonds is 4. The van der Waals surface area contributed by atoms with Crippen LogP contribution in [0, 0.1) is 0 Å². The van der Waals surface area contributed by atoms with E-state index >= 15 is 0 Å². The molecule has 7 nitrogen and oxygen atoms in total. The van der Waals surface area contributed by atoms with Crippen LogP contribution in [0.1, 0.15) is 44.9 Å². The highest BCUT2D eigenvalue weighted by atomic mass is 16.5. The summed E-state index contributed by atoms with van der Waals surface area (Å²) in [4.78, 5) is 21.2. The molecule has 0 radical (unpaired) electrons. The van der Waals surface area contributed by atoms with E-state index in [0.717, 1.165) is 24.1 Å². The Labute approximate surface area is 159 Å². The lowest BCUT2D eigenvalue weighted by atomic mass is 9.81. The van der Waals surface area contributed by atoms with Gasteiger partial charge in [0.1, 0.15) is 0 Å². The van der Waals surface area contributed by atoms with Gasteiger partial charge in [-0.15, -0.1) is 0 Å². The summed E-state index contributed by atoms with van der Waals surface area (Å²) >= 11 is 0. The fourth-order valence-electron chi connectivity index (χ4n) is 4.67. The third-order valence-electron chi connectivity index (χ3n) is 6.09. The molecule has 2 amide bonds. The maximum atomic E-state index is 12.5. The molecule has 1 aromatic carbocycles. The van der Waals surface area contributed by atoms with Gasteiger partial charge in [-0.2, -0.15) is 4.98 Å². The van der Waals surface area contributed by atoms with Crippen LogP contribution >= 0.6 is 0 Å². The second-order valence-corrected chi connectivity index (χ2v) is 7.62. The minimum atomic E-state index is -0.422. The van der Waals surface area contributed by atoms with E-state index in [1.54, 1.807) is 4.90 Å². The van der Waals surface area contributed by atoms with Gasteiger partial charge in [0.2, 0.25) is 11.7 Å². The van der Waals surface area contributed by atoms with Gasteiger partial charge in [-0.1, -0.05) is 30.6 Å². The van der Waals surface area contributed by atoms with Gasteiger partial charge >= 0.3 is 6.03 Å². The summed E-state index contributed by atoms with van der Waals surface area (Å²) < 4.78 is 5.28. The smallest absolute Gasteiger partial charge is 0.319 e. The summed E-state index contributed by atoms with van der Waals surface area (Å²) in [7, 11) is 2.21. The molecule has 2 aliphatic heterocycles. The Bertz CT molecular complexity index is 806. The lowest BCUT2D eigenvalue weighted by molar-refractivity contribution is 0.0564. The Morgan fingerprint density at radius 3 is 2.63 bits per heavy atom. The van der Waals surface area contributed by atoms with Gasteiger partial charge in [0.15, 0.2) is 0 Å². The van der Waals surface area contributed by atoms with Gasteiger partial charge in [0.05, 0.1) is 5.69 Å². The molecule has 2 saturated heterocycles. The molecule has 7 heteroatoms. The quantitative estimate of drug-likeness (QED) is 0.894. The highest BCUT2D eigenvalue weighted by molar-refractivity contribution is 5.95. The number of fused-ring (bicyclic) bond motifs is 2. The van der Waals surface area contributed by atoms with Crippen LogP contribution in [0.5, 0.6) is 0 Å². The lowest BCUT2D eigenvalue weighted by Gasteiger charge is -2.49. The van der Waals surface area contributed by atoms with Gasteiger partial charge < -0.3 is 15.2 Å². The van der Waals surface area contributed by atoms with Crippen molar-refractivity contribution in [2.75, 3.05) is 11.9 Å². The number of anilines is 1. The molecule has 3 atom stereocenters. The van der Waals surface area contributed by atoms with E-state index in [4.69, 9.17) is 10.3 Å². The summed E-state index contributed by atoms with van der Waals surface area (Å²) in [6.45, 7) is 1.97. The number of nitrogens with two attached hydrogens (primary N) is 1. The first-order valence-electron chi connectivity index (χ1n) is 9.81. The van der Waals surface area contributed by atoms with Crippen molar-refractivity contribution in [2.45, 2.75) is 63.6 Å². The minimum Gasteiger partial charge on any atom is -0.351 e. The van der Waals surface area contributed by atoms with Crippen molar-refractivity contribution in [1.29, 1.82) is 0 Å². The Hall–Kier alpha value is -2.41. The molecule has 3 heterocycles. The molecule has 0 aliphatic carbocycles. The predicted octanol–water partition coefficient (Wildman–Crippen LogP) is 3.20. The van der Waals surface area contributed by atoms with E-state index in [1.807, 2.05) is 31.2 Å². The number of carbonyl (C=O) groups excluding carboxylic acids is 1. The summed E-state index contributed by atoms with van der Waals surface area (Å²) in [6, 6.07) is 8.37. The highest BCUT2D eigenvalue weighted by Crippen LogP contribution is 2.38. The van der Waals surface area contributed by atoms with Crippen LogP contribution in [0.15, 0.2) is 28.8 Å². The molecule has 4 rings (SSSR count). The minimum absolute atomic E-state index is 0.0905. The first kappa shape index (κ1) is 18.0. The normalized spacial score (nSPS) is 25.3. The maximum absolute atomic E-state index is 12.5. The molecule has 1 unspecified atom stereocenters. The van der Waals surface area contributed by atoms with Crippen LogP contribution in [0.2, 0.25) is 0 Å². The number of urea groups is 1. The van der Waals surface area contributed by atoms with E-state index in [-0.39, 0.29) is 6.04 Å². The van der Waals surface area contributed by atoms with Crippen LogP contribution in [-0.2, 0) is 6.42 Å². The molecule has 2 bridgehead atoms. The van der Waals surface area contributed by atoms with E-state index in [1.165, 1.54) is 19.3 Å². The summed E-state index contributed by atoms with van der Waals surface area (Å²) in [5.74, 6) is 1.08. The van der Waals surface area contributed by atoms with Crippen LogP contribution in [0.25, 0.3) is 11.4 Å². The lowest BCUT2D eigenvalue weighted by Crippen LogP contribution is -2.57. The number of hydrogen-bond donors (Lipinski definition) is 1. The molecule has 27 heavy (non-hydrogen) atoms. The zero-order valence-corrected chi connectivity index (χ0v) is 16.0. The van der Waals surface area contributed by atoms with Gasteiger partial charge in [-0.3, -0.25) is 4.90 Å². The Balaban J connectivity index is 1.70. The number of nitrogens with zero attached hydrogens (tertiary/aromatic N) is 4. The summed E-state index contributed by atoms with van der Waals surface area (Å²) in [5, 5.41) is 4.10. The van der Waals surface area contributed by atoms with Gasteiger partial charge in [-0.25, -0.2) is 4.79 Å². The third kappa shape index (κ3) is 3.32. The molecule has 2 aliphatic rings. The topological polar surface area (TPSA) is 88.5 Å². The van der Waals surface area contributed by atoms with Crippen molar-refractivity contribution in [1.82, 2.24) is 15.0 Å². The van der Waals surface area contributed by atoms with E-state index < -0.39 is 6.03 Å². The second kappa shape index (κ2) is 7.31. The molecular weight excluding hydrogens is 342 g/mol. The number of piperidine rings is 2. The van der Waals surface area contributed by atoms with E-state index in [9.17, 15) is 4.79 Å². The van der Waals surface area contributed by atoms with Gasteiger partial charge in [0.25, 0.3) is 0 Å². The Morgan fingerprint density at radius 2 is 2.00 bits per heavy atom. The fourth-order valence-corrected chi connectivity index (χ4v) is 4.67. The van der Waals surface area contributed by atoms with Gasteiger partial charge in [0, 0.05) is 30.1 Å². The number of carbonyl (C=O) groups is 1. The molecule has 0 spiro atoms. The zero-order chi connectivity index (χ0) is 19.0. The number of aromatic nitrogens is 2. The number of aryl methyl sites for hydroxylation is 1. The number of para-hydroxylation sites is 1. The molecule has 2 N–H and O–H groups in total. The van der Waals surface area contributed by atoms with Crippen molar-refractivity contribution in [3.8, 4) is 11.4 Å². The van der Waals surface area contributed by atoms with E-state index in [0.29, 0.717) is 30.2 Å². The standard InChI is InChI=1S/C20H27N5O2/c1-3-18-22-19(23-27-18)16-9-4-5-10-17(16)25(20(21)26)15-11-13-7-6-8-14(12-15)24(13)2/h4-5,9-10,13-15H,3,6-8,11-12H2,1-2H3,(H2,21,26)/t13-,14+,15?. The van der Waals surface area contributed by atoms with E-state index in [2.05, 4.69) is 22.1 Å². The SMILES string of the molecule is CCc1nc(-c2ccccc2N(C(N)=O)C2C[C@H]3CCC[C@@H](C2)N3C)no1. The van der Waals surface area contributed by atoms with Crippen molar-refractivity contribution < 1.29 is 9.32 Å². The predicted molar refractivity (Wildman–Crippen MR) is 103 cm³/mol. The van der Waals surface area contributed by atoms with Crippen LogP contribution in [0.4, 0.5) is 10.5 Å². The highest BCUT2D eigenvalue weighted by Gasteiger charge is 2.40. The molecule has 1 aromatic heterocycles. The fraction of sp³-hybridized carbons (Fsp3) is 0.550. The Kier molecular flexibility index (Phi) is 4.86.